The molecule has 0 aliphatic carbocycles. The number of aromatic nitrogens is 5. The van der Waals surface area contributed by atoms with Gasteiger partial charge in [-0.05, 0) is 37.6 Å². The van der Waals surface area contributed by atoms with Gasteiger partial charge in [0.05, 0.1) is 29.2 Å². The number of aromatic amines is 1. The molecule has 0 bridgehead atoms. The molecule has 3 heterocycles. The van der Waals surface area contributed by atoms with E-state index in [-0.39, 0.29) is 17.3 Å². The summed E-state index contributed by atoms with van der Waals surface area (Å²) in [5.41, 5.74) is 10.1. The Bertz CT molecular complexity index is 1730. The van der Waals surface area contributed by atoms with Crippen LogP contribution < -0.4 is 26.4 Å². The van der Waals surface area contributed by atoms with Crippen molar-refractivity contribution in [2.24, 2.45) is 10.7 Å². The Labute approximate surface area is 225 Å². The predicted molar refractivity (Wildman–Crippen MR) is 158 cm³/mol. The number of benzene rings is 2. The lowest BCUT2D eigenvalue weighted by Gasteiger charge is -2.18. The summed E-state index contributed by atoms with van der Waals surface area (Å²) in [5, 5.41) is 8.58. The Kier molecular flexibility index (Phi) is 7.33. The monoisotopic (exact) mass is 543 g/mol. The van der Waals surface area contributed by atoms with E-state index in [0.717, 1.165) is 27.4 Å². The second-order valence-corrected chi connectivity index (χ2v) is 10.9. The first kappa shape index (κ1) is 26.0. The van der Waals surface area contributed by atoms with Gasteiger partial charge in [-0.2, -0.15) is 9.97 Å². The highest BCUT2D eigenvalue weighted by Crippen LogP contribution is 2.36. The van der Waals surface area contributed by atoms with E-state index in [1.807, 2.05) is 18.2 Å². The van der Waals surface area contributed by atoms with E-state index in [4.69, 9.17) is 15.5 Å². The van der Waals surface area contributed by atoms with E-state index >= 15 is 0 Å². The van der Waals surface area contributed by atoms with Crippen LogP contribution in [0.25, 0.3) is 27.6 Å². The SMILES string of the molecule is CN=CC(=CN)c1cc(Nc2nc(Nc3ccc4nccnc4c3P(C)C)c3cc[nH]c3n2)c(OC)cc1F. The molecule has 0 aliphatic rings. The standard InChI is InChI=1S/C27H27FN9OP/c1-30-14-15(13-29)17-11-21(22(38-2)12-18(17)28)35-27-36-25-16(7-8-33-25)26(37-27)34-20-6-5-19-23(24(20)39(3)4)32-10-9-31-19/h5-14H,29H2,1-4H3,(H3,33,34,35,36,37). The second-order valence-electron chi connectivity index (χ2n) is 8.71. The van der Waals surface area contributed by atoms with E-state index in [1.54, 1.807) is 31.7 Å². The van der Waals surface area contributed by atoms with Gasteiger partial charge in [-0.15, -0.1) is 0 Å². The molecule has 198 valence electrons. The van der Waals surface area contributed by atoms with E-state index in [2.05, 4.69) is 48.9 Å². The maximum absolute atomic E-state index is 14.9. The molecule has 0 saturated carbocycles. The van der Waals surface area contributed by atoms with Gasteiger partial charge in [0.25, 0.3) is 0 Å². The molecule has 0 amide bonds. The number of hydrogen-bond acceptors (Lipinski definition) is 9. The van der Waals surface area contributed by atoms with Crippen LogP contribution >= 0.6 is 7.92 Å². The highest BCUT2D eigenvalue weighted by Gasteiger charge is 2.18. The van der Waals surface area contributed by atoms with Crippen molar-refractivity contribution in [3.63, 3.8) is 0 Å². The van der Waals surface area contributed by atoms with Crippen LogP contribution in [0.15, 0.2) is 60.1 Å². The molecule has 0 atom stereocenters. The zero-order valence-electron chi connectivity index (χ0n) is 21.8. The van der Waals surface area contributed by atoms with Crippen molar-refractivity contribution in [3.8, 4) is 5.75 Å². The van der Waals surface area contributed by atoms with Crippen LogP contribution in [0.4, 0.5) is 27.5 Å². The summed E-state index contributed by atoms with van der Waals surface area (Å²) >= 11 is 0. The topological polar surface area (TPSA) is 139 Å². The van der Waals surface area contributed by atoms with Crippen molar-refractivity contribution in [1.29, 1.82) is 0 Å². The van der Waals surface area contributed by atoms with Gasteiger partial charge in [-0.1, -0.05) is 7.92 Å². The summed E-state index contributed by atoms with van der Waals surface area (Å²) in [6.07, 6.45) is 7.97. The average molecular weight is 544 g/mol. The normalized spacial score (nSPS) is 12.1. The molecule has 0 fully saturated rings. The molecular weight excluding hydrogens is 516 g/mol. The fourth-order valence-electron chi connectivity index (χ4n) is 4.30. The highest BCUT2D eigenvalue weighted by atomic mass is 31.1. The van der Waals surface area contributed by atoms with Crippen molar-refractivity contribution >= 4 is 70.2 Å². The third kappa shape index (κ3) is 5.08. The number of rotatable bonds is 8. The molecule has 5 rings (SSSR count). The Morgan fingerprint density at radius 2 is 1.92 bits per heavy atom. The summed E-state index contributed by atoms with van der Waals surface area (Å²) in [5.74, 6) is 0.651. The predicted octanol–water partition coefficient (Wildman–Crippen LogP) is 4.90. The minimum atomic E-state index is -0.526. The maximum atomic E-state index is 14.9. The number of anilines is 4. The Morgan fingerprint density at radius 1 is 1.10 bits per heavy atom. The van der Waals surface area contributed by atoms with Crippen LogP contribution in [0.3, 0.4) is 0 Å². The Morgan fingerprint density at radius 3 is 2.67 bits per heavy atom. The van der Waals surface area contributed by atoms with Crippen LogP contribution in [-0.4, -0.2) is 58.6 Å². The molecular formula is C27H27FN9OP. The first-order valence-electron chi connectivity index (χ1n) is 12.0. The number of aliphatic imine (C=N–C) groups is 1. The van der Waals surface area contributed by atoms with Gasteiger partial charge in [0.2, 0.25) is 5.95 Å². The Balaban J connectivity index is 1.59. The number of H-pyrrole nitrogens is 1. The van der Waals surface area contributed by atoms with Crippen molar-refractivity contribution in [1.82, 2.24) is 24.9 Å². The second kappa shape index (κ2) is 11.0. The van der Waals surface area contributed by atoms with Gasteiger partial charge >= 0.3 is 0 Å². The number of hydrogen-bond donors (Lipinski definition) is 4. The summed E-state index contributed by atoms with van der Waals surface area (Å²) in [4.78, 5) is 25.6. The lowest BCUT2D eigenvalue weighted by molar-refractivity contribution is 0.413. The molecule has 10 nitrogen and oxygen atoms in total. The van der Waals surface area contributed by atoms with Crippen molar-refractivity contribution in [2.75, 3.05) is 38.1 Å². The smallest absolute Gasteiger partial charge is 0.231 e. The molecule has 12 heteroatoms. The van der Waals surface area contributed by atoms with Crippen LogP contribution in [0.2, 0.25) is 0 Å². The molecule has 0 spiro atoms. The summed E-state index contributed by atoms with van der Waals surface area (Å²) in [6.45, 7) is 4.35. The van der Waals surface area contributed by atoms with Crippen LogP contribution in [-0.2, 0) is 0 Å². The zero-order chi connectivity index (χ0) is 27.5. The molecule has 0 aliphatic heterocycles. The largest absolute Gasteiger partial charge is 0.494 e. The number of fused-ring (bicyclic) bond motifs is 2. The molecule has 5 aromatic rings. The van der Waals surface area contributed by atoms with Gasteiger partial charge in [-0.25, -0.2) is 4.39 Å². The van der Waals surface area contributed by atoms with Gasteiger partial charge in [0.1, 0.15) is 23.0 Å². The average Bonchev–Trinajstić information content (AvgIpc) is 3.41. The first-order valence-corrected chi connectivity index (χ1v) is 14.2. The number of halogens is 1. The first-order chi connectivity index (χ1) is 18.9. The highest BCUT2D eigenvalue weighted by molar-refractivity contribution is 7.65. The van der Waals surface area contributed by atoms with E-state index in [9.17, 15) is 4.39 Å². The summed E-state index contributed by atoms with van der Waals surface area (Å²) < 4.78 is 20.3. The molecule has 0 saturated heterocycles. The van der Waals surface area contributed by atoms with Gasteiger partial charge in [0, 0.05) is 66.2 Å². The summed E-state index contributed by atoms with van der Waals surface area (Å²) in [7, 11) is 2.53. The zero-order valence-corrected chi connectivity index (χ0v) is 22.7. The number of ether oxygens (including phenoxy) is 1. The fourth-order valence-corrected chi connectivity index (χ4v) is 5.51. The number of methoxy groups -OCH3 is 1. The van der Waals surface area contributed by atoms with Crippen LogP contribution in [0.1, 0.15) is 5.56 Å². The minimum Gasteiger partial charge on any atom is -0.494 e. The lowest BCUT2D eigenvalue weighted by Crippen LogP contribution is -2.12. The lowest BCUT2D eigenvalue weighted by atomic mass is 10.1. The Hall–Kier alpha value is -4.63. The molecule has 0 radical (unpaired) electrons. The molecule has 2 aromatic carbocycles. The van der Waals surface area contributed by atoms with E-state index in [1.165, 1.54) is 25.6 Å². The minimum absolute atomic E-state index is 0.256. The van der Waals surface area contributed by atoms with Gasteiger partial charge in [0.15, 0.2) is 0 Å². The van der Waals surface area contributed by atoms with Crippen molar-refractivity contribution < 1.29 is 9.13 Å². The molecule has 39 heavy (non-hydrogen) atoms. The van der Waals surface area contributed by atoms with Gasteiger partial charge < -0.3 is 26.1 Å². The van der Waals surface area contributed by atoms with Gasteiger partial charge in [-0.3, -0.25) is 15.0 Å². The number of nitrogens with zero attached hydrogens (tertiary/aromatic N) is 5. The van der Waals surface area contributed by atoms with E-state index in [0.29, 0.717) is 22.7 Å². The van der Waals surface area contributed by atoms with Crippen LogP contribution in [0.5, 0.6) is 5.75 Å². The quantitative estimate of drug-likeness (QED) is 0.160. The molecule has 0 unspecified atom stereocenters. The number of nitrogens with two attached hydrogens (primary N) is 1. The third-order valence-electron chi connectivity index (χ3n) is 6.02. The van der Waals surface area contributed by atoms with E-state index < -0.39 is 13.7 Å². The molecule has 5 N–H and O–H groups in total. The number of nitrogens with one attached hydrogen (secondary N) is 3. The maximum Gasteiger partial charge on any atom is 0.231 e. The molecule has 3 aromatic heterocycles. The summed E-state index contributed by atoms with van der Waals surface area (Å²) in [6, 6.07) is 8.71. The fraction of sp³-hybridized carbons (Fsp3) is 0.148. The van der Waals surface area contributed by atoms with Crippen molar-refractivity contribution in [3.05, 3.63) is 66.5 Å². The van der Waals surface area contributed by atoms with Crippen LogP contribution in [0, 0.1) is 5.82 Å². The third-order valence-corrected chi connectivity index (χ3v) is 7.37. The number of allylic oxidation sites excluding steroid dienone is 1. The van der Waals surface area contributed by atoms with Crippen molar-refractivity contribution in [2.45, 2.75) is 0 Å².